The fourth-order valence-electron chi connectivity index (χ4n) is 3.43. The molecule has 2 saturated heterocycles. The number of nitrogens with zero attached hydrogens (tertiary/aromatic N) is 1. The number of rotatable bonds is 5. The van der Waals surface area contributed by atoms with Gasteiger partial charge in [0, 0.05) is 4.75 Å². The van der Waals surface area contributed by atoms with E-state index < -0.39 is 51.9 Å². The predicted octanol–water partition coefficient (Wildman–Crippen LogP) is 0.486. The van der Waals surface area contributed by atoms with E-state index in [1.165, 1.54) is 28.8 Å². The van der Waals surface area contributed by atoms with Crippen LogP contribution in [0.4, 0.5) is 0 Å². The number of amides is 2. The van der Waals surface area contributed by atoms with Crippen LogP contribution in [0.1, 0.15) is 25.3 Å². The van der Waals surface area contributed by atoms with Crippen LogP contribution in [0.5, 0.6) is 0 Å². The molecule has 2 aliphatic heterocycles. The van der Waals surface area contributed by atoms with Crippen molar-refractivity contribution in [2.45, 2.75) is 42.0 Å². The number of benzene rings is 1. The zero-order valence-corrected chi connectivity index (χ0v) is 14.9. The molecule has 0 aromatic heterocycles. The normalized spacial score (nSPS) is 27.2. The zero-order chi connectivity index (χ0) is 19.2. The molecule has 0 aliphatic carbocycles. The summed E-state index contributed by atoms with van der Waals surface area (Å²) in [7, 11) is 0. The number of β-lactam (4-membered cyclic amide) rings is 1. The number of hydrogen-bond acceptors (Lipinski definition) is 5. The van der Waals surface area contributed by atoms with E-state index in [1.54, 1.807) is 32.0 Å². The first-order valence-corrected chi connectivity index (χ1v) is 8.84. The van der Waals surface area contributed by atoms with E-state index in [1.807, 2.05) is 0 Å². The molecule has 2 fully saturated rings. The summed E-state index contributed by atoms with van der Waals surface area (Å²) in [6.07, 6.45) is 0. The molecule has 2 amide bonds. The molecule has 1 unspecified atom stereocenters. The van der Waals surface area contributed by atoms with E-state index in [0.29, 0.717) is 5.56 Å². The lowest BCUT2D eigenvalue weighted by Gasteiger charge is -2.43. The SMILES string of the molecule is CC1(C)S[C@H]2[C@@H](NC(=O)C(C(=O)O)c3ccccc3)C(=O)N2[C@@H]1C(=O)O. The zero-order valence-electron chi connectivity index (χ0n) is 14.1. The molecule has 0 bridgehead atoms. The monoisotopic (exact) mass is 378 g/mol. The van der Waals surface area contributed by atoms with Crippen molar-refractivity contribution in [3.05, 3.63) is 35.9 Å². The Kier molecular flexibility index (Phi) is 4.43. The third kappa shape index (κ3) is 2.82. The number of hydrogen-bond donors (Lipinski definition) is 3. The van der Waals surface area contributed by atoms with Crippen molar-refractivity contribution in [2.75, 3.05) is 0 Å². The van der Waals surface area contributed by atoms with Crippen LogP contribution in [0.15, 0.2) is 30.3 Å². The van der Waals surface area contributed by atoms with Crippen LogP contribution < -0.4 is 5.32 Å². The van der Waals surface area contributed by atoms with Crippen LogP contribution in [0.2, 0.25) is 0 Å². The van der Waals surface area contributed by atoms with Crippen molar-refractivity contribution in [1.29, 1.82) is 0 Å². The summed E-state index contributed by atoms with van der Waals surface area (Å²) in [5.41, 5.74) is 0.309. The molecule has 1 aromatic rings. The summed E-state index contributed by atoms with van der Waals surface area (Å²) in [5.74, 6) is -5.16. The van der Waals surface area contributed by atoms with Crippen molar-refractivity contribution in [2.24, 2.45) is 0 Å². The molecule has 0 spiro atoms. The molecule has 3 rings (SSSR count). The van der Waals surface area contributed by atoms with E-state index in [0.717, 1.165) is 0 Å². The largest absolute Gasteiger partial charge is 0.480 e. The van der Waals surface area contributed by atoms with Crippen LogP contribution >= 0.6 is 11.8 Å². The smallest absolute Gasteiger partial charge is 0.327 e. The van der Waals surface area contributed by atoms with Gasteiger partial charge in [-0.25, -0.2) is 4.79 Å². The number of fused-ring (bicyclic) bond motifs is 1. The number of carbonyl (C=O) groups is 4. The molecular formula is C17H18N2O6S. The first kappa shape index (κ1) is 18.2. The van der Waals surface area contributed by atoms with E-state index in [4.69, 9.17) is 0 Å². The fraction of sp³-hybridized carbons (Fsp3) is 0.412. The molecular weight excluding hydrogens is 360 g/mol. The second-order valence-electron chi connectivity index (χ2n) is 6.77. The number of thioether (sulfide) groups is 1. The van der Waals surface area contributed by atoms with Gasteiger partial charge in [0.05, 0.1) is 0 Å². The van der Waals surface area contributed by atoms with Crippen molar-refractivity contribution >= 4 is 35.5 Å². The van der Waals surface area contributed by atoms with Gasteiger partial charge in [-0.3, -0.25) is 14.4 Å². The maximum absolute atomic E-state index is 12.5. The van der Waals surface area contributed by atoms with E-state index in [2.05, 4.69) is 5.32 Å². The molecule has 3 N–H and O–H groups in total. The minimum Gasteiger partial charge on any atom is -0.480 e. The molecule has 0 radical (unpaired) electrons. The quantitative estimate of drug-likeness (QED) is 0.503. The van der Waals surface area contributed by atoms with Crippen LogP contribution in [-0.4, -0.2) is 61.1 Å². The summed E-state index contributed by atoms with van der Waals surface area (Å²) in [6.45, 7) is 3.45. The summed E-state index contributed by atoms with van der Waals surface area (Å²) >= 11 is 1.29. The molecule has 2 aliphatic rings. The highest BCUT2D eigenvalue weighted by Gasteiger charge is 2.64. The van der Waals surface area contributed by atoms with Gasteiger partial charge in [0.2, 0.25) is 11.8 Å². The van der Waals surface area contributed by atoms with Crippen molar-refractivity contribution in [1.82, 2.24) is 10.2 Å². The van der Waals surface area contributed by atoms with Gasteiger partial charge in [-0.15, -0.1) is 11.8 Å². The molecule has 8 nitrogen and oxygen atoms in total. The van der Waals surface area contributed by atoms with Crippen LogP contribution in [-0.2, 0) is 19.2 Å². The molecule has 9 heteroatoms. The number of nitrogens with one attached hydrogen (secondary N) is 1. The van der Waals surface area contributed by atoms with E-state index in [-0.39, 0.29) is 0 Å². The highest BCUT2D eigenvalue weighted by atomic mass is 32.2. The average Bonchev–Trinajstić information content (AvgIpc) is 2.82. The molecule has 2 heterocycles. The number of aliphatic carboxylic acids is 2. The Morgan fingerprint density at radius 2 is 1.81 bits per heavy atom. The van der Waals surface area contributed by atoms with Gasteiger partial charge in [-0.2, -0.15) is 0 Å². The highest BCUT2D eigenvalue weighted by Crippen LogP contribution is 2.50. The minimum absolute atomic E-state index is 0.309. The summed E-state index contributed by atoms with van der Waals surface area (Å²) in [4.78, 5) is 49.2. The lowest BCUT2D eigenvalue weighted by molar-refractivity contribution is -0.161. The number of carbonyl (C=O) groups excluding carboxylic acids is 2. The van der Waals surface area contributed by atoms with Crippen LogP contribution in [0.3, 0.4) is 0 Å². The van der Waals surface area contributed by atoms with Crippen LogP contribution in [0.25, 0.3) is 0 Å². The van der Waals surface area contributed by atoms with Crippen molar-refractivity contribution in [3.8, 4) is 0 Å². The Labute approximate surface area is 153 Å². The summed E-state index contributed by atoms with van der Waals surface area (Å²) < 4.78 is -0.711. The Balaban J connectivity index is 1.78. The van der Waals surface area contributed by atoms with Gasteiger partial charge >= 0.3 is 11.9 Å². The van der Waals surface area contributed by atoms with E-state index >= 15 is 0 Å². The third-order valence-electron chi connectivity index (χ3n) is 4.61. The Bertz CT molecular complexity index is 781. The second kappa shape index (κ2) is 6.31. The van der Waals surface area contributed by atoms with Crippen LogP contribution in [0, 0.1) is 0 Å². The van der Waals surface area contributed by atoms with Crippen molar-refractivity contribution < 1.29 is 29.4 Å². The summed E-state index contributed by atoms with van der Waals surface area (Å²) in [5, 5.41) is 20.8. The fourth-order valence-corrected chi connectivity index (χ4v) is 5.06. The Hall–Kier alpha value is -2.55. The highest BCUT2D eigenvalue weighted by molar-refractivity contribution is 8.01. The van der Waals surface area contributed by atoms with Gasteiger partial charge in [0.15, 0.2) is 5.92 Å². The van der Waals surface area contributed by atoms with Gasteiger partial charge in [0.25, 0.3) is 0 Å². The minimum atomic E-state index is -1.44. The van der Waals surface area contributed by atoms with E-state index in [9.17, 15) is 29.4 Å². The predicted molar refractivity (Wildman–Crippen MR) is 92.5 cm³/mol. The number of carboxylic acids is 2. The van der Waals surface area contributed by atoms with Gasteiger partial charge in [0.1, 0.15) is 17.5 Å². The first-order valence-electron chi connectivity index (χ1n) is 7.96. The molecule has 0 saturated carbocycles. The number of carboxylic acid groups (broad SMARTS) is 2. The second-order valence-corrected chi connectivity index (χ2v) is 8.54. The molecule has 26 heavy (non-hydrogen) atoms. The Morgan fingerprint density at radius 3 is 2.35 bits per heavy atom. The Morgan fingerprint density at radius 1 is 1.19 bits per heavy atom. The first-order chi connectivity index (χ1) is 12.1. The molecule has 1 aromatic carbocycles. The van der Waals surface area contributed by atoms with Gasteiger partial charge < -0.3 is 20.4 Å². The van der Waals surface area contributed by atoms with Gasteiger partial charge in [-0.1, -0.05) is 30.3 Å². The average molecular weight is 378 g/mol. The van der Waals surface area contributed by atoms with Crippen molar-refractivity contribution in [3.63, 3.8) is 0 Å². The maximum atomic E-state index is 12.5. The standard InChI is InChI=1S/C17H18N2O6S/c1-17(2)11(16(24)25)19-13(21)10(14(19)26-17)18-12(20)9(15(22)23)8-6-4-3-5-7-8/h3-7,9-11,14H,1-2H3,(H,18,20)(H,22,23)(H,24,25)/t9?,10-,11+,14-/m0/s1. The third-order valence-corrected chi connectivity index (χ3v) is 6.19. The summed E-state index contributed by atoms with van der Waals surface area (Å²) in [6, 6.07) is 6.10. The lowest BCUT2D eigenvalue weighted by atomic mass is 9.94. The lowest BCUT2D eigenvalue weighted by Crippen LogP contribution is -2.71. The maximum Gasteiger partial charge on any atom is 0.327 e. The topological polar surface area (TPSA) is 124 Å². The molecule has 138 valence electrons. The molecule has 4 atom stereocenters. The van der Waals surface area contributed by atoms with Gasteiger partial charge in [-0.05, 0) is 19.4 Å².